The Morgan fingerprint density at radius 3 is 2.73 bits per heavy atom. The predicted molar refractivity (Wildman–Crippen MR) is 47.9 cm³/mol. The van der Waals surface area contributed by atoms with E-state index in [1.807, 2.05) is 18.4 Å². The summed E-state index contributed by atoms with van der Waals surface area (Å²) < 4.78 is 0. The number of rotatable bonds is 1. The number of thioether (sulfide) groups is 1. The summed E-state index contributed by atoms with van der Waals surface area (Å²) in [5.41, 5.74) is 0.571. The maximum Gasteiger partial charge on any atom is 0.102 e. The SMILES string of the molecule is CSc1cccc(Cl)c1C#N. The van der Waals surface area contributed by atoms with Crippen LogP contribution in [0.25, 0.3) is 0 Å². The molecule has 0 unspecified atom stereocenters. The minimum absolute atomic E-state index is 0.527. The molecule has 0 heterocycles. The van der Waals surface area contributed by atoms with Gasteiger partial charge in [0.05, 0.1) is 10.6 Å². The van der Waals surface area contributed by atoms with Crippen LogP contribution in [0, 0.1) is 11.3 Å². The molecule has 0 aliphatic rings. The van der Waals surface area contributed by atoms with E-state index in [2.05, 4.69) is 6.07 Å². The van der Waals surface area contributed by atoms with E-state index in [0.717, 1.165) is 4.90 Å². The standard InChI is InChI=1S/C8H6ClNS/c1-11-8-4-2-3-7(9)6(8)5-10/h2-4H,1H3. The molecule has 0 bridgehead atoms. The molecule has 0 spiro atoms. The summed E-state index contributed by atoms with van der Waals surface area (Å²) in [6, 6.07) is 7.51. The Kier molecular flexibility index (Phi) is 2.81. The van der Waals surface area contributed by atoms with Crippen molar-refractivity contribution in [2.45, 2.75) is 4.90 Å². The molecular formula is C8H6ClNS. The smallest absolute Gasteiger partial charge is 0.102 e. The molecule has 3 heteroatoms. The van der Waals surface area contributed by atoms with Gasteiger partial charge in [-0.1, -0.05) is 17.7 Å². The molecule has 0 aromatic heterocycles. The molecule has 0 amide bonds. The van der Waals surface area contributed by atoms with E-state index in [-0.39, 0.29) is 0 Å². The van der Waals surface area contributed by atoms with Gasteiger partial charge in [-0.3, -0.25) is 0 Å². The van der Waals surface area contributed by atoms with Gasteiger partial charge in [0, 0.05) is 4.90 Å². The number of benzene rings is 1. The highest BCUT2D eigenvalue weighted by molar-refractivity contribution is 7.98. The molecule has 0 saturated heterocycles. The lowest BCUT2D eigenvalue weighted by atomic mass is 10.2. The third-order valence-electron chi connectivity index (χ3n) is 1.31. The van der Waals surface area contributed by atoms with E-state index >= 15 is 0 Å². The Balaban J connectivity index is 3.27. The van der Waals surface area contributed by atoms with Crippen molar-refractivity contribution in [2.24, 2.45) is 0 Å². The summed E-state index contributed by atoms with van der Waals surface area (Å²) in [7, 11) is 0. The molecule has 11 heavy (non-hydrogen) atoms. The summed E-state index contributed by atoms with van der Waals surface area (Å²) in [5, 5.41) is 9.21. The van der Waals surface area contributed by atoms with Gasteiger partial charge < -0.3 is 0 Å². The third-order valence-corrected chi connectivity index (χ3v) is 2.40. The maximum absolute atomic E-state index is 8.68. The fraction of sp³-hybridized carbons (Fsp3) is 0.125. The highest BCUT2D eigenvalue weighted by Gasteiger charge is 2.03. The molecule has 1 rings (SSSR count). The van der Waals surface area contributed by atoms with Crippen molar-refractivity contribution >= 4 is 23.4 Å². The first-order valence-corrected chi connectivity index (χ1v) is 4.62. The zero-order valence-electron chi connectivity index (χ0n) is 5.97. The molecule has 0 radical (unpaired) electrons. The number of halogens is 1. The van der Waals surface area contributed by atoms with E-state index in [1.165, 1.54) is 11.8 Å². The lowest BCUT2D eigenvalue weighted by Gasteiger charge is -1.99. The molecule has 0 saturated carbocycles. The van der Waals surface area contributed by atoms with Crippen molar-refractivity contribution in [2.75, 3.05) is 6.26 Å². The van der Waals surface area contributed by atoms with Gasteiger partial charge >= 0.3 is 0 Å². The topological polar surface area (TPSA) is 23.8 Å². The quantitative estimate of drug-likeness (QED) is 0.626. The van der Waals surface area contributed by atoms with Crippen LogP contribution in [0.2, 0.25) is 5.02 Å². The number of nitriles is 1. The number of nitrogens with zero attached hydrogens (tertiary/aromatic N) is 1. The molecule has 1 aromatic carbocycles. The van der Waals surface area contributed by atoms with E-state index in [9.17, 15) is 0 Å². The Labute approximate surface area is 75.0 Å². The number of hydrogen-bond donors (Lipinski definition) is 0. The fourth-order valence-electron chi connectivity index (χ4n) is 0.783. The van der Waals surface area contributed by atoms with Crippen molar-refractivity contribution in [3.63, 3.8) is 0 Å². The normalized spacial score (nSPS) is 9.18. The zero-order valence-corrected chi connectivity index (χ0v) is 7.54. The van der Waals surface area contributed by atoms with Crippen molar-refractivity contribution in [3.8, 4) is 6.07 Å². The lowest BCUT2D eigenvalue weighted by molar-refractivity contribution is 1.37. The molecule has 0 aliphatic heterocycles. The van der Waals surface area contributed by atoms with E-state index < -0.39 is 0 Å². The minimum Gasteiger partial charge on any atom is -0.192 e. The monoisotopic (exact) mass is 183 g/mol. The molecule has 1 aromatic rings. The molecule has 0 atom stereocenters. The Bertz CT molecular complexity index is 303. The highest BCUT2D eigenvalue weighted by Crippen LogP contribution is 2.25. The van der Waals surface area contributed by atoms with Gasteiger partial charge in [-0.05, 0) is 18.4 Å². The predicted octanol–water partition coefficient (Wildman–Crippen LogP) is 2.93. The van der Waals surface area contributed by atoms with Crippen LogP contribution in [0.1, 0.15) is 5.56 Å². The number of hydrogen-bond acceptors (Lipinski definition) is 2. The van der Waals surface area contributed by atoms with Crippen molar-refractivity contribution in [1.82, 2.24) is 0 Å². The van der Waals surface area contributed by atoms with Gasteiger partial charge in [0.25, 0.3) is 0 Å². The Hall–Kier alpha value is -0.650. The van der Waals surface area contributed by atoms with Gasteiger partial charge in [0.2, 0.25) is 0 Å². The molecule has 1 nitrogen and oxygen atoms in total. The van der Waals surface area contributed by atoms with Crippen molar-refractivity contribution in [3.05, 3.63) is 28.8 Å². The van der Waals surface area contributed by atoms with Crippen LogP contribution >= 0.6 is 23.4 Å². The van der Waals surface area contributed by atoms with Gasteiger partial charge in [-0.15, -0.1) is 11.8 Å². The minimum atomic E-state index is 0.527. The summed E-state index contributed by atoms with van der Waals surface area (Å²) in [6.07, 6.45) is 1.92. The molecule has 0 N–H and O–H groups in total. The second kappa shape index (κ2) is 3.66. The second-order valence-electron chi connectivity index (χ2n) is 1.93. The van der Waals surface area contributed by atoms with Gasteiger partial charge in [0.1, 0.15) is 6.07 Å². The summed E-state index contributed by atoms with van der Waals surface area (Å²) in [5.74, 6) is 0. The van der Waals surface area contributed by atoms with E-state index in [4.69, 9.17) is 16.9 Å². The summed E-state index contributed by atoms with van der Waals surface area (Å²) >= 11 is 7.30. The van der Waals surface area contributed by atoms with Crippen molar-refractivity contribution in [1.29, 1.82) is 5.26 Å². The lowest BCUT2D eigenvalue weighted by Crippen LogP contribution is -1.80. The molecular weight excluding hydrogens is 178 g/mol. The summed E-state index contributed by atoms with van der Waals surface area (Å²) in [6.45, 7) is 0. The first kappa shape index (κ1) is 8.45. The fourth-order valence-corrected chi connectivity index (χ4v) is 1.63. The van der Waals surface area contributed by atoms with Gasteiger partial charge in [-0.25, -0.2) is 0 Å². The first-order valence-electron chi connectivity index (χ1n) is 3.02. The van der Waals surface area contributed by atoms with Crippen LogP contribution in [0.4, 0.5) is 0 Å². The largest absolute Gasteiger partial charge is 0.192 e. The Morgan fingerprint density at radius 1 is 1.55 bits per heavy atom. The zero-order chi connectivity index (χ0) is 8.27. The maximum atomic E-state index is 8.68. The van der Waals surface area contributed by atoms with Crippen LogP contribution in [0.15, 0.2) is 23.1 Å². The summed E-state index contributed by atoms with van der Waals surface area (Å²) in [4.78, 5) is 0.931. The van der Waals surface area contributed by atoms with E-state index in [0.29, 0.717) is 10.6 Å². The highest BCUT2D eigenvalue weighted by atomic mass is 35.5. The first-order chi connectivity index (χ1) is 5.29. The molecule has 56 valence electrons. The van der Waals surface area contributed by atoms with Crippen LogP contribution in [-0.4, -0.2) is 6.26 Å². The molecule has 0 aliphatic carbocycles. The average Bonchev–Trinajstić information content (AvgIpc) is 2.04. The van der Waals surface area contributed by atoms with Crippen LogP contribution in [0.3, 0.4) is 0 Å². The van der Waals surface area contributed by atoms with Gasteiger partial charge in [0.15, 0.2) is 0 Å². The third kappa shape index (κ3) is 1.68. The van der Waals surface area contributed by atoms with Crippen LogP contribution < -0.4 is 0 Å². The van der Waals surface area contributed by atoms with E-state index in [1.54, 1.807) is 6.07 Å². The molecule has 0 fully saturated rings. The average molecular weight is 184 g/mol. The van der Waals surface area contributed by atoms with Crippen molar-refractivity contribution < 1.29 is 0 Å². The second-order valence-corrected chi connectivity index (χ2v) is 3.18. The van der Waals surface area contributed by atoms with Crippen LogP contribution in [0.5, 0.6) is 0 Å². The van der Waals surface area contributed by atoms with Crippen LogP contribution in [-0.2, 0) is 0 Å². The van der Waals surface area contributed by atoms with Gasteiger partial charge in [-0.2, -0.15) is 5.26 Å². The Morgan fingerprint density at radius 2 is 2.27 bits per heavy atom.